The molecule has 11 heteroatoms. The number of pyridine rings is 1. The summed E-state index contributed by atoms with van der Waals surface area (Å²) in [7, 11) is 0. The molecule has 1 aliphatic rings. The Morgan fingerprint density at radius 1 is 1.32 bits per heavy atom. The van der Waals surface area contributed by atoms with Crippen LogP contribution in [0.5, 0.6) is 0 Å². The van der Waals surface area contributed by atoms with Gasteiger partial charge in [-0.3, -0.25) is 19.7 Å². The van der Waals surface area contributed by atoms with Gasteiger partial charge in [-0.2, -0.15) is 5.26 Å². The molecule has 1 aromatic carbocycles. The first kappa shape index (κ1) is 22.0. The number of nitrogens with one attached hydrogen (secondary N) is 1. The van der Waals surface area contributed by atoms with Crippen molar-refractivity contribution in [3.05, 3.63) is 57.2 Å². The lowest BCUT2D eigenvalue weighted by molar-refractivity contribution is -0.384. The largest absolute Gasteiger partial charge is 0.455 e. The third kappa shape index (κ3) is 5.67. The first-order valence-electron chi connectivity index (χ1n) is 9.39. The fraction of sp³-hybridized carbons (Fsp3) is 0.300. The number of hydrogen-bond donors (Lipinski definition) is 1. The number of benzene rings is 1. The van der Waals surface area contributed by atoms with Gasteiger partial charge in [-0.05, 0) is 37.1 Å². The zero-order valence-corrected chi connectivity index (χ0v) is 17.0. The van der Waals surface area contributed by atoms with E-state index < -0.39 is 23.4 Å². The summed E-state index contributed by atoms with van der Waals surface area (Å²) in [5.41, 5.74) is 0.328. The summed E-state index contributed by atoms with van der Waals surface area (Å²) in [6.45, 7) is 0.700. The Labute approximate surface area is 182 Å². The van der Waals surface area contributed by atoms with E-state index in [-0.39, 0.29) is 22.3 Å². The van der Waals surface area contributed by atoms with Gasteiger partial charge < -0.3 is 15.0 Å². The van der Waals surface area contributed by atoms with Crippen molar-refractivity contribution in [2.24, 2.45) is 5.92 Å². The van der Waals surface area contributed by atoms with E-state index in [1.807, 2.05) is 11.0 Å². The smallest absolute Gasteiger partial charge is 0.309 e. The zero-order valence-electron chi connectivity index (χ0n) is 16.3. The van der Waals surface area contributed by atoms with Crippen molar-refractivity contribution in [2.45, 2.75) is 12.8 Å². The number of hydrogen-bond acceptors (Lipinski definition) is 8. The summed E-state index contributed by atoms with van der Waals surface area (Å²) in [5, 5.41) is 22.1. The third-order valence-corrected chi connectivity index (χ3v) is 5.12. The number of esters is 1. The van der Waals surface area contributed by atoms with Gasteiger partial charge in [0.15, 0.2) is 6.61 Å². The van der Waals surface area contributed by atoms with E-state index in [1.165, 1.54) is 18.3 Å². The van der Waals surface area contributed by atoms with Gasteiger partial charge in [0.2, 0.25) is 0 Å². The highest BCUT2D eigenvalue weighted by atomic mass is 35.5. The van der Waals surface area contributed by atoms with Crippen molar-refractivity contribution < 1.29 is 19.2 Å². The molecule has 0 aliphatic carbocycles. The molecule has 160 valence electrons. The number of nitriles is 1. The van der Waals surface area contributed by atoms with E-state index in [1.54, 1.807) is 12.1 Å². The van der Waals surface area contributed by atoms with Crippen LogP contribution in [0.2, 0.25) is 5.02 Å². The number of carbonyl (C=O) groups excluding carboxylic acids is 2. The Morgan fingerprint density at radius 3 is 2.68 bits per heavy atom. The van der Waals surface area contributed by atoms with Crippen LogP contribution in [-0.2, 0) is 14.3 Å². The maximum absolute atomic E-state index is 12.3. The predicted octanol–water partition coefficient (Wildman–Crippen LogP) is 2.91. The van der Waals surface area contributed by atoms with Gasteiger partial charge in [-0.15, -0.1) is 0 Å². The van der Waals surface area contributed by atoms with Gasteiger partial charge in [0.25, 0.3) is 11.6 Å². The third-order valence-electron chi connectivity index (χ3n) is 4.80. The van der Waals surface area contributed by atoms with Crippen LogP contribution in [0, 0.1) is 27.4 Å². The Hall–Kier alpha value is -3.71. The number of nitro groups is 1. The van der Waals surface area contributed by atoms with Crippen LogP contribution in [0.15, 0.2) is 36.5 Å². The average Bonchev–Trinajstić information content (AvgIpc) is 2.78. The number of anilines is 2. The molecule has 0 spiro atoms. The van der Waals surface area contributed by atoms with Crippen molar-refractivity contribution in [2.75, 3.05) is 29.9 Å². The number of nitrogens with zero attached hydrogens (tertiary/aromatic N) is 4. The average molecular weight is 444 g/mol. The van der Waals surface area contributed by atoms with Gasteiger partial charge in [-0.1, -0.05) is 11.6 Å². The van der Waals surface area contributed by atoms with Crippen molar-refractivity contribution in [3.63, 3.8) is 0 Å². The van der Waals surface area contributed by atoms with Crippen LogP contribution in [-0.4, -0.2) is 41.5 Å². The highest BCUT2D eigenvalue weighted by Gasteiger charge is 2.27. The number of nitro benzene ring substituents is 1. The van der Waals surface area contributed by atoms with Crippen LogP contribution in [0.4, 0.5) is 17.2 Å². The molecule has 0 unspecified atom stereocenters. The van der Waals surface area contributed by atoms with Crippen molar-refractivity contribution >= 4 is 40.7 Å². The Balaban J connectivity index is 1.46. The molecule has 1 fully saturated rings. The fourth-order valence-electron chi connectivity index (χ4n) is 3.17. The zero-order chi connectivity index (χ0) is 22.4. The number of aromatic nitrogens is 1. The van der Waals surface area contributed by atoms with Gasteiger partial charge in [0.1, 0.15) is 16.9 Å². The number of piperidine rings is 1. The molecule has 1 aromatic heterocycles. The quantitative estimate of drug-likeness (QED) is 0.408. The number of amides is 1. The second-order valence-electron chi connectivity index (χ2n) is 6.86. The minimum absolute atomic E-state index is 0.0445. The second-order valence-corrected chi connectivity index (χ2v) is 7.26. The molecule has 2 heterocycles. The van der Waals surface area contributed by atoms with Gasteiger partial charge >= 0.3 is 5.97 Å². The van der Waals surface area contributed by atoms with Crippen LogP contribution < -0.4 is 10.2 Å². The normalized spacial score (nSPS) is 13.9. The summed E-state index contributed by atoms with van der Waals surface area (Å²) in [5.74, 6) is -0.671. The summed E-state index contributed by atoms with van der Waals surface area (Å²) in [4.78, 5) is 40.8. The Bertz CT molecular complexity index is 1030. The van der Waals surface area contributed by atoms with Gasteiger partial charge in [-0.25, -0.2) is 4.98 Å². The summed E-state index contributed by atoms with van der Waals surface area (Å²) in [6, 6.07) is 9.33. The molecule has 0 radical (unpaired) electrons. The van der Waals surface area contributed by atoms with E-state index in [0.29, 0.717) is 31.5 Å². The summed E-state index contributed by atoms with van der Waals surface area (Å²) >= 11 is 5.74. The van der Waals surface area contributed by atoms with Crippen molar-refractivity contribution in [1.82, 2.24) is 4.98 Å². The van der Waals surface area contributed by atoms with Crippen LogP contribution in [0.3, 0.4) is 0 Å². The van der Waals surface area contributed by atoms with Crippen LogP contribution in [0.25, 0.3) is 0 Å². The molecule has 2 aromatic rings. The van der Waals surface area contributed by atoms with Gasteiger partial charge in [0, 0.05) is 31.0 Å². The van der Waals surface area contributed by atoms with Crippen molar-refractivity contribution in [3.8, 4) is 6.07 Å². The molecular weight excluding hydrogens is 426 g/mol. The number of ether oxygens (including phenoxy) is 1. The second kappa shape index (κ2) is 9.86. The fourth-order valence-corrected chi connectivity index (χ4v) is 3.35. The van der Waals surface area contributed by atoms with Gasteiger partial charge in [0.05, 0.1) is 16.4 Å². The molecule has 1 saturated heterocycles. The SMILES string of the molecule is N#Cc1ccc(N2CCC(C(=O)OCC(=O)Nc3ccc(Cl)c([N+](=O)[O-])c3)CC2)nc1. The molecule has 1 aliphatic heterocycles. The number of carbonyl (C=O) groups is 2. The van der Waals surface area contributed by atoms with E-state index in [0.717, 1.165) is 11.9 Å². The highest BCUT2D eigenvalue weighted by Crippen LogP contribution is 2.27. The number of halogens is 1. The first-order chi connectivity index (χ1) is 14.9. The Morgan fingerprint density at radius 2 is 2.06 bits per heavy atom. The maximum Gasteiger partial charge on any atom is 0.309 e. The highest BCUT2D eigenvalue weighted by molar-refractivity contribution is 6.32. The minimum atomic E-state index is -0.655. The molecule has 3 rings (SSSR count). The molecule has 31 heavy (non-hydrogen) atoms. The molecule has 10 nitrogen and oxygen atoms in total. The van der Waals surface area contributed by atoms with Crippen molar-refractivity contribution in [1.29, 1.82) is 5.26 Å². The van der Waals surface area contributed by atoms with E-state index >= 15 is 0 Å². The molecule has 0 atom stereocenters. The van der Waals surface area contributed by atoms with Crippen LogP contribution in [0.1, 0.15) is 18.4 Å². The predicted molar refractivity (Wildman–Crippen MR) is 112 cm³/mol. The maximum atomic E-state index is 12.3. The van der Waals surface area contributed by atoms with E-state index in [9.17, 15) is 19.7 Å². The lowest BCUT2D eigenvalue weighted by atomic mass is 9.97. The van der Waals surface area contributed by atoms with E-state index in [2.05, 4.69) is 10.3 Å². The Kier molecular flexibility index (Phi) is 6.99. The topological polar surface area (TPSA) is 138 Å². The minimum Gasteiger partial charge on any atom is -0.455 e. The molecule has 1 N–H and O–H groups in total. The summed E-state index contributed by atoms with van der Waals surface area (Å²) in [6.07, 6.45) is 2.60. The monoisotopic (exact) mass is 443 g/mol. The standard InChI is InChI=1S/C20H18ClN5O5/c21-16-3-2-15(9-17(16)26(29)30)24-19(27)12-31-20(28)14-5-7-25(8-6-14)18-4-1-13(10-22)11-23-18/h1-4,9,11,14H,5-8,12H2,(H,24,27). The molecule has 1 amide bonds. The molecule has 0 bridgehead atoms. The summed E-state index contributed by atoms with van der Waals surface area (Å²) < 4.78 is 5.11. The molecule has 0 saturated carbocycles. The van der Waals surface area contributed by atoms with E-state index in [4.69, 9.17) is 21.6 Å². The van der Waals surface area contributed by atoms with Crippen LogP contribution >= 0.6 is 11.6 Å². The number of rotatable bonds is 6. The lowest BCUT2D eigenvalue weighted by Crippen LogP contribution is -2.38. The lowest BCUT2D eigenvalue weighted by Gasteiger charge is -2.31. The molecular formula is C20H18ClN5O5. The first-order valence-corrected chi connectivity index (χ1v) is 9.76.